The average molecular weight is 348 g/mol. The van der Waals surface area contributed by atoms with Gasteiger partial charge >= 0.3 is 0 Å². The van der Waals surface area contributed by atoms with Crippen molar-refractivity contribution in [2.24, 2.45) is 7.05 Å². The van der Waals surface area contributed by atoms with Gasteiger partial charge in [-0.3, -0.25) is 4.79 Å². The number of carbonyl (C=O) groups is 1. The molecule has 0 saturated carbocycles. The minimum Gasteiger partial charge on any atom is -0.354 e. The second-order valence-electron chi connectivity index (χ2n) is 7.26. The lowest BCUT2D eigenvalue weighted by Crippen LogP contribution is -2.33. The molecular weight excluding hydrogens is 320 g/mol. The van der Waals surface area contributed by atoms with Crippen LogP contribution < -0.4 is 5.32 Å². The van der Waals surface area contributed by atoms with Crippen molar-refractivity contribution in [1.29, 1.82) is 0 Å². The number of fused-ring (bicyclic) bond motifs is 1. The summed E-state index contributed by atoms with van der Waals surface area (Å²) in [5.74, 6) is 0.156. The van der Waals surface area contributed by atoms with Crippen LogP contribution in [0.25, 0.3) is 10.9 Å². The quantitative estimate of drug-likeness (QED) is 0.674. The first-order chi connectivity index (χ1) is 12.5. The molecule has 3 rings (SSSR count). The van der Waals surface area contributed by atoms with Gasteiger partial charge in [-0.15, -0.1) is 0 Å². The SMILES string of the molecule is CC[C@@H](C)NC(=O)C[C@H](c1ccc(C)cc1)c1cn(C)c2ccccc12. The molecule has 0 bridgehead atoms. The van der Waals surface area contributed by atoms with Crippen LogP contribution in [-0.4, -0.2) is 16.5 Å². The van der Waals surface area contributed by atoms with Crippen LogP contribution in [-0.2, 0) is 11.8 Å². The van der Waals surface area contributed by atoms with E-state index in [2.05, 4.69) is 92.4 Å². The summed E-state index contributed by atoms with van der Waals surface area (Å²) in [5.41, 5.74) is 4.83. The molecule has 1 aromatic heterocycles. The third kappa shape index (κ3) is 3.82. The molecule has 0 radical (unpaired) electrons. The summed E-state index contributed by atoms with van der Waals surface area (Å²) in [5, 5.41) is 4.34. The molecule has 0 saturated heterocycles. The summed E-state index contributed by atoms with van der Waals surface area (Å²) in [6.45, 7) is 6.23. The van der Waals surface area contributed by atoms with Crippen LogP contribution >= 0.6 is 0 Å². The highest BCUT2D eigenvalue weighted by Crippen LogP contribution is 2.34. The number of amides is 1. The van der Waals surface area contributed by atoms with E-state index in [-0.39, 0.29) is 17.9 Å². The zero-order valence-corrected chi connectivity index (χ0v) is 16.1. The number of nitrogens with one attached hydrogen (secondary N) is 1. The van der Waals surface area contributed by atoms with E-state index < -0.39 is 0 Å². The van der Waals surface area contributed by atoms with Gasteiger partial charge in [0.2, 0.25) is 5.91 Å². The number of para-hydroxylation sites is 1. The molecule has 0 aliphatic carbocycles. The Labute approximate surface area is 156 Å². The lowest BCUT2D eigenvalue weighted by molar-refractivity contribution is -0.121. The molecule has 3 heteroatoms. The van der Waals surface area contributed by atoms with E-state index in [1.54, 1.807) is 0 Å². The summed E-state index contributed by atoms with van der Waals surface area (Å²) < 4.78 is 2.15. The Morgan fingerprint density at radius 3 is 2.50 bits per heavy atom. The summed E-state index contributed by atoms with van der Waals surface area (Å²) >= 11 is 0. The molecule has 1 N–H and O–H groups in total. The number of aromatic nitrogens is 1. The van der Waals surface area contributed by atoms with Crippen LogP contribution in [0.5, 0.6) is 0 Å². The average Bonchev–Trinajstić information content (AvgIpc) is 2.97. The Morgan fingerprint density at radius 1 is 1.12 bits per heavy atom. The molecule has 3 nitrogen and oxygen atoms in total. The fraction of sp³-hybridized carbons (Fsp3) is 0.348. The molecule has 0 aliphatic rings. The summed E-state index contributed by atoms with van der Waals surface area (Å²) in [7, 11) is 2.07. The minimum atomic E-state index is 0.0470. The molecular formula is C23H28N2O. The Kier molecular flexibility index (Phi) is 5.46. The molecule has 0 spiro atoms. The molecule has 2 atom stereocenters. The molecule has 1 amide bonds. The second-order valence-corrected chi connectivity index (χ2v) is 7.26. The fourth-order valence-corrected chi connectivity index (χ4v) is 3.48. The van der Waals surface area contributed by atoms with Gasteiger partial charge in [0.15, 0.2) is 0 Å². The fourth-order valence-electron chi connectivity index (χ4n) is 3.48. The van der Waals surface area contributed by atoms with Crippen LogP contribution in [0.1, 0.15) is 49.3 Å². The maximum atomic E-state index is 12.7. The molecule has 136 valence electrons. The third-order valence-corrected chi connectivity index (χ3v) is 5.19. The van der Waals surface area contributed by atoms with Crippen LogP contribution in [0, 0.1) is 6.92 Å². The third-order valence-electron chi connectivity index (χ3n) is 5.19. The number of rotatable bonds is 6. The normalized spacial score (nSPS) is 13.5. The van der Waals surface area contributed by atoms with Crippen molar-refractivity contribution < 1.29 is 4.79 Å². The lowest BCUT2D eigenvalue weighted by atomic mass is 9.87. The van der Waals surface area contributed by atoms with Gasteiger partial charge in [-0.05, 0) is 37.5 Å². The molecule has 0 aliphatic heterocycles. The highest BCUT2D eigenvalue weighted by Gasteiger charge is 2.22. The first kappa shape index (κ1) is 18.2. The topological polar surface area (TPSA) is 34.0 Å². The van der Waals surface area contributed by atoms with Gasteiger partial charge in [0.1, 0.15) is 0 Å². The van der Waals surface area contributed by atoms with Crippen LogP contribution in [0.4, 0.5) is 0 Å². The van der Waals surface area contributed by atoms with Crippen molar-refractivity contribution >= 4 is 16.8 Å². The van der Waals surface area contributed by atoms with Crippen LogP contribution in [0.3, 0.4) is 0 Å². The summed E-state index contributed by atoms with van der Waals surface area (Å²) in [4.78, 5) is 12.7. The number of hydrogen-bond acceptors (Lipinski definition) is 1. The maximum absolute atomic E-state index is 12.7. The number of benzene rings is 2. The summed E-state index contributed by atoms with van der Waals surface area (Å²) in [6.07, 6.45) is 3.57. The standard InChI is InChI=1S/C23H28N2O/c1-5-17(3)24-23(26)14-20(18-12-10-16(2)11-13-18)21-15-25(4)22-9-7-6-8-19(21)22/h6-13,15,17,20H,5,14H2,1-4H3,(H,24,26)/t17-,20-/m1/s1. The minimum absolute atomic E-state index is 0.0470. The number of aryl methyl sites for hydroxylation is 2. The number of nitrogens with zero attached hydrogens (tertiary/aromatic N) is 1. The molecule has 1 heterocycles. The predicted molar refractivity (Wildman–Crippen MR) is 108 cm³/mol. The van der Waals surface area contributed by atoms with Crippen LogP contribution in [0.2, 0.25) is 0 Å². The Bertz CT molecular complexity index is 892. The van der Waals surface area contributed by atoms with Gasteiger partial charge in [0, 0.05) is 42.5 Å². The molecule has 0 unspecified atom stereocenters. The van der Waals surface area contributed by atoms with E-state index in [0.29, 0.717) is 6.42 Å². The number of hydrogen-bond donors (Lipinski definition) is 1. The van der Waals surface area contributed by atoms with Gasteiger partial charge < -0.3 is 9.88 Å². The van der Waals surface area contributed by atoms with E-state index in [0.717, 1.165) is 6.42 Å². The smallest absolute Gasteiger partial charge is 0.221 e. The maximum Gasteiger partial charge on any atom is 0.221 e. The molecule has 2 aromatic carbocycles. The second kappa shape index (κ2) is 7.77. The van der Waals surface area contributed by atoms with Gasteiger partial charge in [-0.25, -0.2) is 0 Å². The van der Waals surface area contributed by atoms with Crippen molar-refractivity contribution in [2.75, 3.05) is 0 Å². The van der Waals surface area contributed by atoms with Gasteiger partial charge in [-0.1, -0.05) is 55.0 Å². The van der Waals surface area contributed by atoms with E-state index in [4.69, 9.17) is 0 Å². The van der Waals surface area contributed by atoms with Crippen molar-refractivity contribution in [3.8, 4) is 0 Å². The van der Waals surface area contributed by atoms with E-state index in [1.165, 1.54) is 27.6 Å². The van der Waals surface area contributed by atoms with Gasteiger partial charge in [-0.2, -0.15) is 0 Å². The van der Waals surface area contributed by atoms with E-state index >= 15 is 0 Å². The molecule has 3 aromatic rings. The first-order valence-electron chi connectivity index (χ1n) is 9.39. The van der Waals surface area contributed by atoms with Crippen molar-refractivity contribution in [3.05, 3.63) is 71.4 Å². The molecule has 0 fully saturated rings. The highest BCUT2D eigenvalue weighted by molar-refractivity contribution is 5.86. The monoisotopic (exact) mass is 348 g/mol. The van der Waals surface area contributed by atoms with E-state index in [1.807, 2.05) is 0 Å². The Hall–Kier alpha value is -2.55. The van der Waals surface area contributed by atoms with Crippen LogP contribution in [0.15, 0.2) is 54.7 Å². The van der Waals surface area contributed by atoms with Crippen molar-refractivity contribution in [2.45, 2.75) is 45.6 Å². The largest absolute Gasteiger partial charge is 0.354 e. The first-order valence-corrected chi connectivity index (χ1v) is 9.39. The predicted octanol–water partition coefficient (Wildman–Crippen LogP) is 4.92. The lowest BCUT2D eigenvalue weighted by Gasteiger charge is -2.19. The van der Waals surface area contributed by atoms with Gasteiger partial charge in [0.05, 0.1) is 0 Å². The zero-order valence-electron chi connectivity index (χ0n) is 16.1. The van der Waals surface area contributed by atoms with Crippen molar-refractivity contribution in [1.82, 2.24) is 9.88 Å². The van der Waals surface area contributed by atoms with E-state index in [9.17, 15) is 4.79 Å². The highest BCUT2D eigenvalue weighted by atomic mass is 16.1. The van der Waals surface area contributed by atoms with Gasteiger partial charge in [0.25, 0.3) is 0 Å². The zero-order chi connectivity index (χ0) is 18.7. The number of carbonyl (C=O) groups excluding carboxylic acids is 1. The Morgan fingerprint density at radius 2 is 1.81 bits per heavy atom. The molecule has 26 heavy (non-hydrogen) atoms. The Balaban J connectivity index is 2.02. The van der Waals surface area contributed by atoms with Crippen molar-refractivity contribution in [3.63, 3.8) is 0 Å². The summed E-state index contributed by atoms with van der Waals surface area (Å²) in [6, 6.07) is 17.2.